The van der Waals surface area contributed by atoms with Gasteiger partial charge in [-0.3, -0.25) is 0 Å². The van der Waals surface area contributed by atoms with Crippen LogP contribution in [0.15, 0.2) is 18.3 Å². The summed E-state index contributed by atoms with van der Waals surface area (Å²) in [7, 11) is 2.06. The summed E-state index contributed by atoms with van der Waals surface area (Å²) >= 11 is 0. The standard InChI is InChI=1S/C13H16N4O2/c1-16-4-2-8(7-16)12-15-11(13(18)19)10-6-9(14)3-5-17(10)12/h3,5-6,8H,2,4,7,14H2,1H3,(H,18,19). The van der Waals surface area contributed by atoms with Gasteiger partial charge < -0.3 is 20.1 Å². The van der Waals surface area contributed by atoms with E-state index in [4.69, 9.17) is 5.73 Å². The quantitative estimate of drug-likeness (QED) is 0.842. The number of fused-ring (bicyclic) bond motifs is 1. The number of nitrogens with zero attached hydrogens (tertiary/aromatic N) is 3. The molecule has 3 heterocycles. The van der Waals surface area contributed by atoms with Gasteiger partial charge in [0.2, 0.25) is 0 Å². The van der Waals surface area contributed by atoms with Gasteiger partial charge in [-0.1, -0.05) is 0 Å². The van der Waals surface area contributed by atoms with Crippen LogP contribution in [0.3, 0.4) is 0 Å². The molecular weight excluding hydrogens is 244 g/mol. The van der Waals surface area contributed by atoms with Crippen molar-refractivity contribution in [2.24, 2.45) is 0 Å². The number of hydrogen-bond acceptors (Lipinski definition) is 4. The van der Waals surface area contributed by atoms with E-state index in [1.165, 1.54) is 0 Å². The fraction of sp³-hybridized carbons (Fsp3) is 0.385. The van der Waals surface area contributed by atoms with Crippen molar-refractivity contribution in [3.63, 3.8) is 0 Å². The summed E-state index contributed by atoms with van der Waals surface area (Å²) in [5.74, 6) is 0.0756. The molecule has 2 aromatic heterocycles. The van der Waals surface area contributed by atoms with Crippen LogP contribution in [0, 0.1) is 0 Å². The van der Waals surface area contributed by atoms with Gasteiger partial charge in [0.1, 0.15) is 5.82 Å². The van der Waals surface area contributed by atoms with Gasteiger partial charge >= 0.3 is 5.97 Å². The first kappa shape index (κ1) is 12.0. The molecule has 0 radical (unpaired) electrons. The van der Waals surface area contributed by atoms with Gasteiger partial charge in [-0.05, 0) is 32.1 Å². The van der Waals surface area contributed by atoms with E-state index in [1.54, 1.807) is 18.3 Å². The molecule has 1 unspecified atom stereocenters. The molecule has 6 nitrogen and oxygen atoms in total. The van der Waals surface area contributed by atoms with Crippen LogP contribution < -0.4 is 5.73 Å². The Morgan fingerprint density at radius 1 is 1.58 bits per heavy atom. The summed E-state index contributed by atoms with van der Waals surface area (Å²) in [5.41, 5.74) is 6.93. The Kier molecular flexibility index (Phi) is 2.67. The molecule has 1 atom stereocenters. The first-order chi connectivity index (χ1) is 9.06. The van der Waals surface area contributed by atoms with E-state index < -0.39 is 5.97 Å². The molecule has 1 aliphatic heterocycles. The van der Waals surface area contributed by atoms with Crippen molar-refractivity contribution in [1.29, 1.82) is 0 Å². The Labute approximate surface area is 110 Å². The molecule has 19 heavy (non-hydrogen) atoms. The van der Waals surface area contributed by atoms with Crippen LogP contribution >= 0.6 is 0 Å². The molecular formula is C13H16N4O2. The summed E-state index contributed by atoms with van der Waals surface area (Å²) < 4.78 is 1.85. The number of likely N-dealkylation sites (tertiary alicyclic amines) is 1. The summed E-state index contributed by atoms with van der Waals surface area (Å²) in [4.78, 5) is 17.8. The predicted octanol–water partition coefficient (Wildman–Crippen LogP) is 1.03. The third-order valence-corrected chi connectivity index (χ3v) is 3.65. The van der Waals surface area contributed by atoms with Crippen molar-refractivity contribution in [2.45, 2.75) is 12.3 Å². The number of imidazole rings is 1. The van der Waals surface area contributed by atoms with E-state index in [2.05, 4.69) is 16.9 Å². The van der Waals surface area contributed by atoms with Gasteiger partial charge in [-0.15, -0.1) is 0 Å². The molecule has 2 aromatic rings. The average Bonchev–Trinajstić information content (AvgIpc) is 2.92. The number of carboxylic acid groups (broad SMARTS) is 1. The maximum atomic E-state index is 11.3. The molecule has 6 heteroatoms. The van der Waals surface area contributed by atoms with Crippen LogP contribution in [-0.4, -0.2) is 45.5 Å². The summed E-state index contributed by atoms with van der Waals surface area (Å²) in [5, 5.41) is 9.25. The second kappa shape index (κ2) is 4.24. The number of carboxylic acids is 1. The van der Waals surface area contributed by atoms with Gasteiger partial charge in [0.05, 0.1) is 5.52 Å². The van der Waals surface area contributed by atoms with E-state index in [1.807, 2.05) is 4.40 Å². The topological polar surface area (TPSA) is 83.9 Å². The lowest BCUT2D eigenvalue weighted by atomic mass is 10.1. The number of aromatic carboxylic acids is 1. The lowest BCUT2D eigenvalue weighted by molar-refractivity contribution is 0.0693. The fourth-order valence-corrected chi connectivity index (χ4v) is 2.72. The zero-order valence-corrected chi connectivity index (χ0v) is 10.7. The number of carbonyl (C=O) groups is 1. The normalized spacial score (nSPS) is 20.2. The van der Waals surface area contributed by atoms with Crippen molar-refractivity contribution in [3.05, 3.63) is 29.8 Å². The van der Waals surface area contributed by atoms with Crippen LogP contribution in [0.1, 0.15) is 28.7 Å². The third-order valence-electron chi connectivity index (χ3n) is 3.65. The summed E-state index contributed by atoms with van der Waals surface area (Å²) in [6.07, 6.45) is 2.80. The number of rotatable bonds is 2. The lowest BCUT2D eigenvalue weighted by Gasteiger charge is -2.09. The smallest absolute Gasteiger partial charge is 0.356 e. The lowest BCUT2D eigenvalue weighted by Crippen LogP contribution is -2.14. The molecule has 1 fully saturated rings. The maximum absolute atomic E-state index is 11.3. The third kappa shape index (κ3) is 1.94. The van der Waals surface area contributed by atoms with Crippen LogP contribution in [0.2, 0.25) is 0 Å². The van der Waals surface area contributed by atoms with E-state index in [0.717, 1.165) is 25.3 Å². The highest BCUT2D eigenvalue weighted by molar-refractivity contribution is 5.94. The molecule has 0 bridgehead atoms. The number of hydrogen-bond donors (Lipinski definition) is 2. The van der Waals surface area contributed by atoms with E-state index >= 15 is 0 Å². The van der Waals surface area contributed by atoms with E-state index in [-0.39, 0.29) is 11.6 Å². The van der Waals surface area contributed by atoms with Crippen molar-refractivity contribution in [3.8, 4) is 0 Å². The minimum absolute atomic E-state index is 0.0804. The Hall–Kier alpha value is -2.08. The molecule has 0 spiro atoms. The zero-order valence-electron chi connectivity index (χ0n) is 10.7. The predicted molar refractivity (Wildman–Crippen MR) is 71.4 cm³/mol. The SMILES string of the molecule is CN1CCC(c2nc(C(=O)O)c3cc(N)ccn23)C1. The molecule has 3 N–H and O–H groups in total. The van der Waals surface area contributed by atoms with Crippen LogP contribution in [0.4, 0.5) is 5.69 Å². The molecule has 0 saturated carbocycles. The van der Waals surface area contributed by atoms with Gasteiger partial charge in [0, 0.05) is 24.3 Å². The van der Waals surface area contributed by atoms with Gasteiger partial charge in [-0.25, -0.2) is 9.78 Å². The molecule has 100 valence electrons. The maximum Gasteiger partial charge on any atom is 0.356 e. The highest BCUT2D eigenvalue weighted by Crippen LogP contribution is 2.28. The van der Waals surface area contributed by atoms with Crippen LogP contribution in [0.5, 0.6) is 0 Å². The van der Waals surface area contributed by atoms with E-state index in [0.29, 0.717) is 11.2 Å². The fourth-order valence-electron chi connectivity index (χ4n) is 2.72. The van der Waals surface area contributed by atoms with Crippen molar-refractivity contribution >= 4 is 17.2 Å². The Morgan fingerprint density at radius 3 is 3.00 bits per heavy atom. The minimum atomic E-state index is -1.01. The molecule has 3 rings (SSSR count). The minimum Gasteiger partial charge on any atom is -0.476 e. The largest absolute Gasteiger partial charge is 0.476 e. The number of likely N-dealkylation sites (N-methyl/N-ethyl adjacent to an activating group) is 1. The average molecular weight is 260 g/mol. The Bertz CT molecular complexity index is 649. The van der Waals surface area contributed by atoms with Crippen LogP contribution in [-0.2, 0) is 0 Å². The molecule has 1 saturated heterocycles. The van der Waals surface area contributed by atoms with Gasteiger partial charge in [-0.2, -0.15) is 0 Å². The molecule has 0 aromatic carbocycles. The van der Waals surface area contributed by atoms with Crippen molar-refractivity contribution < 1.29 is 9.90 Å². The van der Waals surface area contributed by atoms with Crippen molar-refractivity contribution in [2.75, 3.05) is 25.9 Å². The number of nitrogens with two attached hydrogens (primary N) is 1. The molecule has 0 amide bonds. The second-order valence-electron chi connectivity index (χ2n) is 5.09. The Morgan fingerprint density at radius 2 is 2.37 bits per heavy atom. The highest BCUT2D eigenvalue weighted by atomic mass is 16.4. The number of pyridine rings is 1. The first-order valence-electron chi connectivity index (χ1n) is 6.25. The molecule has 0 aliphatic carbocycles. The summed E-state index contributed by atoms with van der Waals surface area (Å²) in [6, 6.07) is 3.43. The second-order valence-corrected chi connectivity index (χ2v) is 5.09. The summed E-state index contributed by atoms with van der Waals surface area (Å²) in [6.45, 7) is 1.92. The number of aromatic nitrogens is 2. The van der Waals surface area contributed by atoms with Crippen molar-refractivity contribution in [1.82, 2.24) is 14.3 Å². The number of nitrogen functional groups attached to an aromatic ring is 1. The molecule has 1 aliphatic rings. The first-order valence-corrected chi connectivity index (χ1v) is 6.25. The zero-order chi connectivity index (χ0) is 13.6. The monoisotopic (exact) mass is 260 g/mol. The van der Waals surface area contributed by atoms with Gasteiger partial charge in [0.15, 0.2) is 5.69 Å². The van der Waals surface area contributed by atoms with Crippen LogP contribution in [0.25, 0.3) is 5.52 Å². The number of anilines is 1. The Balaban J connectivity index is 2.17. The highest BCUT2D eigenvalue weighted by Gasteiger charge is 2.27. The van der Waals surface area contributed by atoms with E-state index in [9.17, 15) is 9.90 Å². The van der Waals surface area contributed by atoms with Gasteiger partial charge in [0.25, 0.3) is 0 Å².